The Morgan fingerprint density at radius 1 is 1.48 bits per heavy atom. The van der Waals surface area contributed by atoms with E-state index < -0.39 is 0 Å². The normalized spacial score (nSPS) is 25.4. The molecule has 1 amide bonds. The predicted molar refractivity (Wildman–Crippen MR) is 78.6 cm³/mol. The number of ether oxygens (including phenoxy) is 1. The molecule has 3 N–H and O–H groups in total. The van der Waals surface area contributed by atoms with Gasteiger partial charge in [-0.15, -0.1) is 0 Å². The van der Waals surface area contributed by atoms with Gasteiger partial charge in [-0.25, -0.2) is 9.97 Å². The van der Waals surface area contributed by atoms with Gasteiger partial charge in [-0.1, -0.05) is 0 Å². The number of nitrogens with two attached hydrogens (primary N) is 1. The van der Waals surface area contributed by atoms with Crippen molar-refractivity contribution in [3.63, 3.8) is 0 Å². The Labute approximate surface area is 123 Å². The molecule has 0 saturated carbocycles. The molecule has 7 nitrogen and oxygen atoms in total. The van der Waals surface area contributed by atoms with E-state index in [1.807, 2.05) is 0 Å². The van der Waals surface area contributed by atoms with Crippen LogP contribution < -0.4 is 16.0 Å². The van der Waals surface area contributed by atoms with Gasteiger partial charge in [0.15, 0.2) is 5.82 Å². The smallest absolute Gasteiger partial charge is 0.220 e. The Balaban J connectivity index is 1.74. The molecule has 2 aliphatic rings. The lowest BCUT2D eigenvalue weighted by Crippen LogP contribution is -2.54. The second-order valence-corrected chi connectivity index (χ2v) is 5.71. The molecule has 2 atom stereocenters. The second-order valence-electron chi connectivity index (χ2n) is 5.71. The van der Waals surface area contributed by atoms with Crippen LogP contribution in [0.25, 0.3) is 0 Å². The molecule has 0 spiro atoms. The van der Waals surface area contributed by atoms with Gasteiger partial charge in [-0.2, -0.15) is 0 Å². The van der Waals surface area contributed by atoms with Gasteiger partial charge in [0.1, 0.15) is 18.2 Å². The van der Waals surface area contributed by atoms with Crippen molar-refractivity contribution >= 4 is 17.5 Å². The number of nitrogens with one attached hydrogen (secondary N) is 1. The molecule has 7 heteroatoms. The Morgan fingerprint density at radius 2 is 2.33 bits per heavy atom. The molecule has 2 saturated heterocycles. The van der Waals surface area contributed by atoms with Crippen LogP contribution >= 0.6 is 0 Å². The molecule has 1 aromatic rings. The maximum atomic E-state index is 11.5. The maximum absolute atomic E-state index is 11.5. The summed E-state index contributed by atoms with van der Waals surface area (Å²) in [7, 11) is 1.61. The molecule has 3 heterocycles. The van der Waals surface area contributed by atoms with Crippen molar-refractivity contribution in [2.75, 3.05) is 30.8 Å². The minimum atomic E-state index is 0.179. The number of carbonyl (C=O) groups excluding carboxylic acids is 1. The highest BCUT2D eigenvalue weighted by atomic mass is 16.5. The van der Waals surface area contributed by atoms with Gasteiger partial charge in [0, 0.05) is 38.7 Å². The van der Waals surface area contributed by atoms with E-state index in [1.54, 1.807) is 13.2 Å². The molecule has 2 unspecified atom stereocenters. The largest absolute Gasteiger partial charge is 0.384 e. The molecule has 0 aromatic carbocycles. The summed E-state index contributed by atoms with van der Waals surface area (Å²) in [4.78, 5) is 22.4. The van der Waals surface area contributed by atoms with E-state index in [0.717, 1.165) is 31.7 Å². The molecule has 21 heavy (non-hydrogen) atoms. The molecule has 1 aromatic heterocycles. The summed E-state index contributed by atoms with van der Waals surface area (Å²) < 4.78 is 5.08. The van der Waals surface area contributed by atoms with Crippen molar-refractivity contribution in [1.29, 1.82) is 0 Å². The number of hydrogen-bond donors (Lipinski definition) is 2. The van der Waals surface area contributed by atoms with E-state index in [0.29, 0.717) is 36.6 Å². The number of methoxy groups -OCH3 is 1. The van der Waals surface area contributed by atoms with Crippen LogP contribution in [0.4, 0.5) is 11.6 Å². The average molecular weight is 291 g/mol. The molecule has 2 fully saturated rings. The van der Waals surface area contributed by atoms with Crippen molar-refractivity contribution in [3.8, 4) is 0 Å². The van der Waals surface area contributed by atoms with Crippen LogP contribution in [0, 0.1) is 5.92 Å². The number of aromatic nitrogens is 2. The van der Waals surface area contributed by atoms with E-state index >= 15 is 0 Å². The summed E-state index contributed by atoms with van der Waals surface area (Å²) >= 11 is 0. The van der Waals surface area contributed by atoms with Crippen molar-refractivity contribution in [2.45, 2.75) is 31.9 Å². The molecule has 0 aliphatic carbocycles. The van der Waals surface area contributed by atoms with Gasteiger partial charge < -0.3 is 20.7 Å². The highest BCUT2D eigenvalue weighted by Crippen LogP contribution is 2.28. The van der Waals surface area contributed by atoms with Crippen molar-refractivity contribution in [3.05, 3.63) is 11.9 Å². The van der Waals surface area contributed by atoms with E-state index in [9.17, 15) is 4.79 Å². The number of anilines is 2. The number of amides is 1. The molecule has 0 bridgehead atoms. The monoisotopic (exact) mass is 291 g/mol. The van der Waals surface area contributed by atoms with Crippen molar-refractivity contribution in [1.82, 2.24) is 15.3 Å². The molecule has 114 valence electrons. The van der Waals surface area contributed by atoms with Gasteiger partial charge in [0.05, 0.1) is 0 Å². The third kappa shape index (κ3) is 3.07. The number of nitrogens with zero attached hydrogens (tertiary/aromatic N) is 3. The number of hydrogen-bond acceptors (Lipinski definition) is 6. The van der Waals surface area contributed by atoms with Gasteiger partial charge in [-0.05, 0) is 18.8 Å². The minimum Gasteiger partial charge on any atom is -0.384 e. The van der Waals surface area contributed by atoms with Crippen LogP contribution in [0.15, 0.2) is 6.07 Å². The summed E-state index contributed by atoms with van der Waals surface area (Å²) in [6, 6.07) is 2.11. The van der Waals surface area contributed by atoms with E-state index in [2.05, 4.69) is 20.2 Å². The molecule has 3 rings (SSSR count). The quantitative estimate of drug-likeness (QED) is 0.832. The first-order valence-corrected chi connectivity index (χ1v) is 7.32. The number of piperidine rings is 2. The summed E-state index contributed by atoms with van der Waals surface area (Å²) in [5.74, 6) is 2.58. The van der Waals surface area contributed by atoms with Gasteiger partial charge >= 0.3 is 0 Å². The third-order valence-electron chi connectivity index (χ3n) is 4.20. The van der Waals surface area contributed by atoms with Crippen molar-refractivity contribution in [2.24, 2.45) is 5.92 Å². The topological polar surface area (TPSA) is 93.4 Å². The standard InChI is InChI=1S/C14H21N5O2/c1-21-8-12-17-11(15)6-13(18-12)19-5-4-10-9(7-19)2-3-14(20)16-10/h6,9-10H,2-5,7-8H2,1H3,(H,16,20)(H2,15,17,18). The van der Waals surface area contributed by atoms with Crippen LogP contribution in [0.3, 0.4) is 0 Å². The van der Waals surface area contributed by atoms with E-state index in [-0.39, 0.29) is 5.91 Å². The Bertz CT molecular complexity index is 536. The maximum Gasteiger partial charge on any atom is 0.220 e. The van der Waals surface area contributed by atoms with E-state index in [1.165, 1.54) is 0 Å². The lowest BCUT2D eigenvalue weighted by atomic mass is 9.85. The number of rotatable bonds is 3. The molecule has 2 aliphatic heterocycles. The summed E-state index contributed by atoms with van der Waals surface area (Å²) in [5.41, 5.74) is 5.86. The fourth-order valence-electron chi connectivity index (χ4n) is 3.18. The van der Waals surface area contributed by atoms with Crippen LogP contribution in [-0.2, 0) is 16.1 Å². The third-order valence-corrected chi connectivity index (χ3v) is 4.20. The number of nitrogen functional groups attached to an aromatic ring is 1. The van der Waals surface area contributed by atoms with Crippen LogP contribution in [-0.4, -0.2) is 42.1 Å². The highest BCUT2D eigenvalue weighted by molar-refractivity contribution is 5.77. The van der Waals surface area contributed by atoms with Gasteiger partial charge in [0.2, 0.25) is 5.91 Å². The van der Waals surface area contributed by atoms with Crippen molar-refractivity contribution < 1.29 is 9.53 Å². The summed E-state index contributed by atoms with van der Waals surface area (Å²) in [6.07, 6.45) is 2.51. The summed E-state index contributed by atoms with van der Waals surface area (Å²) in [5, 5.41) is 3.09. The predicted octanol–water partition coefficient (Wildman–Crippen LogP) is 0.310. The first kappa shape index (κ1) is 14.1. The fraction of sp³-hybridized carbons (Fsp3) is 0.643. The van der Waals surface area contributed by atoms with Crippen LogP contribution in [0.5, 0.6) is 0 Å². The van der Waals surface area contributed by atoms with Gasteiger partial charge in [0.25, 0.3) is 0 Å². The second kappa shape index (κ2) is 5.85. The zero-order valence-electron chi connectivity index (χ0n) is 12.2. The lowest BCUT2D eigenvalue weighted by molar-refractivity contribution is -0.124. The molecular weight excluding hydrogens is 270 g/mol. The zero-order valence-corrected chi connectivity index (χ0v) is 12.2. The first-order valence-electron chi connectivity index (χ1n) is 7.32. The first-order chi connectivity index (χ1) is 10.2. The Hall–Kier alpha value is -1.89. The number of fused-ring (bicyclic) bond motifs is 1. The fourth-order valence-corrected chi connectivity index (χ4v) is 3.18. The minimum absolute atomic E-state index is 0.179. The lowest BCUT2D eigenvalue weighted by Gasteiger charge is -2.41. The van der Waals surface area contributed by atoms with E-state index in [4.69, 9.17) is 10.5 Å². The Kier molecular flexibility index (Phi) is 3.92. The summed E-state index contributed by atoms with van der Waals surface area (Å²) in [6.45, 7) is 2.12. The SMILES string of the molecule is COCc1nc(N)cc(N2CCC3NC(=O)CCC3C2)n1. The van der Waals surface area contributed by atoms with Crippen LogP contribution in [0.1, 0.15) is 25.1 Å². The highest BCUT2D eigenvalue weighted by Gasteiger charge is 2.34. The molecule has 0 radical (unpaired) electrons. The number of carbonyl (C=O) groups is 1. The zero-order chi connectivity index (χ0) is 14.8. The Morgan fingerprint density at radius 3 is 3.14 bits per heavy atom. The average Bonchev–Trinajstić information content (AvgIpc) is 2.46. The molecular formula is C14H21N5O2. The van der Waals surface area contributed by atoms with Gasteiger partial charge in [-0.3, -0.25) is 4.79 Å². The van der Waals surface area contributed by atoms with Crippen LogP contribution in [0.2, 0.25) is 0 Å².